The van der Waals surface area contributed by atoms with Crippen LogP contribution < -0.4 is 5.32 Å². The zero-order chi connectivity index (χ0) is 10.6. The van der Waals surface area contributed by atoms with Crippen molar-refractivity contribution in [2.24, 2.45) is 0 Å². The van der Waals surface area contributed by atoms with E-state index in [-0.39, 0.29) is 11.2 Å². The fraction of sp³-hybridized carbons (Fsp3) is 0.364. The largest absolute Gasteiger partial charge is 0.374 e. The van der Waals surface area contributed by atoms with Gasteiger partial charge in [-0.25, -0.2) is 0 Å². The first-order valence-electron chi connectivity index (χ1n) is 4.71. The van der Waals surface area contributed by atoms with Crippen LogP contribution in [-0.4, -0.2) is 11.2 Å². The summed E-state index contributed by atoms with van der Waals surface area (Å²) in [4.78, 5) is 11.3. The van der Waals surface area contributed by atoms with E-state index in [1.54, 1.807) is 0 Å². The number of hydrogen-bond acceptors (Lipinski definition) is 3. The molecular weight excluding hydrogens is 194 g/mol. The molecular formula is C11H15NOS. The molecule has 0 radical (unpaired) electrons. The van der Waals surface area contributed by atoms with Gasteiger partial charge < -0.3 is 5.32 Å². The second-order valence-corrected chi connectivity index (χ2v) is 3.95. The molecule has 0 aliphatic rings. The van der Waals surface area contributed by atoms with Crippen molar-refractivity contribution >= 4 is 24.1 Å². The van der Waals surface area contributed by atoms with E-state index >= 15 is 0 Å². The smallest absolute Gasteiger partial charge is 0.162 e. The van der Waals surface area contributed by atoms with Crippen LogP contribution in [0.1, 0.15) is 30.6 Å². The monoisotopic (exact) mass is 209 g/mol. The molecule has 1 aromatic rings. The van der Waals surface area contributed by atoms with Gasteiger partial charge >= 0.3 is 0 Å². The Morgan fingerprint density at radius 1 is 1.43 bits per heavy atom. The lowest BCUT2D eigenvalue weighted by Gasteiger charge is -2.09. The Morgan fingerprint density at radius 3 is 2.43 bits per heavy atom. The molecule has 1 atom stereocenters. The van der Waals surface area contributed by atoms with Crippen molar-refractivity contribution < 1.29 is 4.79 Å². The number of carbonyl (C=O) groups excluding carboxylic acids is 1. The minimum Gasteiger partial charge on any atom is -0.374 e. The molecule has 0 aliphatic heterocycles. The average Bonchev–Trinajstić information content (AvgIpc) is 2.17. The maximum absolute atomic E-state index is 11.3. The number of ketones is 1. The number of carbonyl (C=O) groups is 1. The highest BCUT2D eigenvalue weighted by atomic mass is 32.1. The second-order valence-electron chi connectivity index (χ2n) is 3.17. The SMILES string of the molecule is CCC(=O)c1ccc(NC(C)S)cc1. The summed E-state index contributed by atoms with van der Waals surface area (Å²) in [5.74, 6) is 0.176. The molecule has 0 bridgehead atoms. The fourth-order valence-electron chi connectivity index (χ4n) is 1.20. The molecule has 0 saturated heterocycles. The van der Waals surface area contributed by atoms with Crippen molar-refractivity contribution in [3.05, 3.63) is 29.8 Å². The number of anilines is 1. The van der Waals surface area contributed by atoms with Crippen molar-refractivity contribution in [3.8, 4) is 0 Å². The van der Waals surface area contributed by atoms with Crippen LogP contribution in [0.4, 0.5) is 5.69 Å². The van der Waals surface area contributed by atoms with E-state index in [1.807, 2.05) is 38.1 Å². The number of nitrogens with one attached hydrogen (secondary N) is 1. The number of rotatable bonds is 4. The van der Waals surface area contributed by atoms with Crippen LogP contribution in [0.5, 0.6) is 0 Å². The van der Waals surface area contributed by atoms with Crippen LogP contribution in [0.25, 0.3) is 0 Å². The molecule has 0 saturated carbocycles. The lowest BCUT2D eigenvalue weighted by molar-refractivity contribution is 0.0988. The van der Waals surface area contributed by atoms with Crippen LogP contribution >= 0.6 is 12.6 Å². The minimum atomic E-state index is 0.114. The van der Waals surface area contributed by atoms with Crippen LogP contribution in [0.15, 0.2) is 24.3 Å². The van der Waals surface area contributed by atoms with Gasteiger partial charge in [0, 0.05) is 17.7 Å². The van der Waals surface area contributed by atoms with Crippen LogP contribution in [-0.2, 0) is 0 Å². The predicted octanol–water partition coefficient (Wildman–Crippen LogP) is 2.97. The Balaban J connectivity index is 2.73. The lowest BCUT2D eigenvalue weighted by atomic mass is 10.1. The van der Waals surface area contributed by atoms with Crippen LogP contribution in [0.3, 0.4) is 0 Å². The molecule has 0 fully saturated rings. The second kappa shape index (κ2) is 5.05. The van der Waals surface area contributed by atoms with Gasteiger partial charge in [0.25, 0.3) is 0 Å². The molecule has 76 valence electrons. The van der Waals surface area contributed by atoms with E-state index in [2.05, 4.69) is 17.9 Å². The third kappa shape index (κ3) is 3.07. The quantitative estimate of drug-likeness (QED) is 0.453. The van der Waals surface area contributed by atoms with E-state index in [4.69, 9.17) is 0 Å². The van der Waals surface area contributed by atoms with E-state index in [9.17, 15) is 4.79 Å². The molecule has 0 amide bonds. The summed E-state index contributed by atoms with van der Waals surface area (Å²) in [6.07, 6.45) is 0.551. The summed E-state index contributed by atoms with van der Waals surface area (Å²) in [6, 6.07) is 7.47. The van der Waals surface area contributed by atoms with Gasteiger partial charge in [0.2, 0.25) is 0 Å². The summed E-state index contributed by atoms with van der Waals surface area (Å²) < 4.78 is 0. The Bertz CT molecular complexity index is 306. The Kier molecular flexibility index (Phi) is 4.01. The molecule has 3 heteroatoms. The molecule has 0 aliphatic carbocycles. The number of benzene rings is 1. The average molecular weight is 209 g/mol. The normalized spacial score (nSPS) is 12.2. The zero-order valence-corrected chi connectivity index (χ0v) is 9.34. The first kappa shape index (κ1) is 11.1. The van der Waals surface area contributed by atoms with E-state index in [1.165, 1.54) is 0 Å². The van der Waals surface area contributed by atoms with Crippen molar-refractivity contribution in [3.63, 3.8) is 0 Å². The van der Waals surface area contributed by atoms with Gasteiger partial charge in [-0.1, -0.05) is 6.92 Å². The number of hydrogen-bond donors (Lipinski definition) is 2. The van der Waals surface area contributed by atoms with Gasteiger partial charge in [-0.2, -0.15) is 12.6 Å². The van der Waals surface area contributed by atoms with E-state index in [0.29, 0.717) is 6.42 Å². The molecule has 14 heavy (non-hydrogen) atoms. The van der Waals surface area contributed by atoms with Gasteiger partial charge in [0.05, 0.1) is 5.37 Å². The first-order valence-corrected chi connectivity index (χ1v) is 5.23. The molecule has 0 aromatic heterocycles. The topological polar surface area (TPSA) is 29.1 Å². The molecule has 0 spiro atoms. The Hall–Kier alpha value is -0.960. The summed E-state index contributed by atoms with van der Waals surface area (Å²) in [5, 5.41) is 3.26. The van der Waals surface area contributed by atoms with Gasteiger partial charge in [-0.15, -0.1) is 0 Å². The van der Waals surface area contributed by atoms with Crippen molar-refractivity contribution in [2.45, 2.75) is 25.6 Å². The fourth-order valence-corrected chi connectivity index (χ4v) is 1.35. The van der Waals surface area contributed by atoms with E-state index < -0.39 is 0 Å². The molecule has 1 aromatic carbocycles. The summed E-state index contributed by atoms with van der Waals surface area (Å²) >= 11 is 4.22. The predicted molar refractivity (Wildman–Crippen MR) is 63.1 cm³/mol. The molecule has 1 unspecified atom stereocenters. The van der Waals surface area contributed by atoms with Crippen LogP contribution in [0, 0.1) is 0 Å². The number of thiol groups is 1. The van der Waals surface area contributed by atoms with Crippen molar-refractivity contribution in [1.29, 1.82) is 0 Å². The summed E-state index contributed by atoms with van der Waals surface area (Å²) in [5.41, 5.74) is 1.75. The molecule has 1 rings (SSSR count). The molecule has 0 heterocycles. The summed E-state index contributed by atoms with van der Waals surface area (Å²) in [7, 11) is 0. The highest BCUT2D eigenvalue weighted by Gasteiger charge is 2.02. The van der Waals surface area contributed by atoms with E-state index in [0.717, 1.165) is 11.3 Å². The summed E-state index contributed by atoms with van der Waals surface area (Å²) in [6.45, 7) is 3.82. The highest BCUT2D eigenvalue weighted by Crippen LogP contribution is 2.12. The lowest BCUT2D eigenvalue weighted by Crippen LogP contribution is -2.07. The Morgan fingerprint density at radius 2 is 2.00 bits per heavy atom. The maximum atomic E-state index is 11.3. The number of Topliss-reactive ketones (excluding diaryl/α,β-unsaturated/α-hetero) is 1. The Labute approximate surface area is 90.1 Å². The van der Waals surface area contributed by atoms with Crippen molar-refractivity contribution in [2.75, 3.05) is 5.32 Å². The third-order valence-electron chi connectivity index (χ3n) is 1.90. The maximum Gasteiger partial charge on any atom is 0.162 e. The van der Waals surface area contributed by atoms with Gasteiger partial charge in [0.1, 0.15) is 0 Å². The van der Waals surface area contributed by atoms with Gasteiger partial charge in [-0.3, -0.25) is 4.79 Å². The third-order valence-corrected chi connectivity index (χ3v) is 2.03. The zero-order valence-electron chi connectivity index (χ0n) is 8.45. The highest BCUT2D eigenvalue weighted by molar-refractivity contribution is 7.81. The molecule has 1 N–H and O–H groups in total. The first-order chi connectivity index (χ1) is 6.63. The minimum absolute atomic E-state index is 0.114. The van der Waals surface area contributed by atoms with Gasteiger partial charge in [-0.05, 0) is 31.2 Å². The van der Waals surface area contributed by atoms with Crippen molar-refractivity contribution in [1.82, 2.24) is 0 Å². The molecule has 2 nitrogen and oxygen atoms in total. The standard InChI is InChI=1S/C11H15NOS/c1-3-11(13)9-4-6-10(7-5-9)12-8(2)14/h4-8,12,14H,3H2,1-2H3. The van der Waals surface area contributed by atoms with Crippen LogP contribution in [0.2, 0.25) is 0 Å². The van der Waals surface area contributed by atoms with Gasteiger partial charge in [0.15, 0.2) is 5.78 Å².